The molecule has 0 radical (unpaired) electrons. The van der Waals surface area contributed by atoms with Crippen LogP contribution in [0.25, 0.3) is 0 Å². The molecule has 7 heteroatoms. The second-order valence-electron chi connectivity index (χ2n) is 5.91. The van der Waals surface area contributed by atoms with Crippen LogP contribution in [-0.2, 0) is 6.18 Å². The first-order valence-corrected chi connectivity index (χ1v) is 7.97. The molecule has 1 aromatic carbocycles. The molecule has 1 aromatic heterocycles. The third kappa shape index (κ3) is 3.77. The Kier molecular flexibility index (Phi) is 4.59. The van der Waals surface area contributed by atoms with Gasteiger partial charge in [-0.05, 0) is 38.3 Å². The number of benzene rings is 1. The van der Waals surface area contributed by atoms with E-state index >= 15 is 0 Å². The molecule has 2 aromatic rings. The Morgan fingerprint density at radius 1 is 1.04 bits per heavy atom. The molecule has 0 aliphatic carbocycles. The van der Waals surface area contributed by atoms with E-state index in [0.29, 0.717) is 0 Å². The van der Waals surface area contributed by atoms with Crippen molar-refractivity contribution in [3.8, 4) is 0 Å². The van der Waals surface area contributed by atoms with Gasteiger partial charge in [0.25, 0.3) is 0 Å². The molecule has 0 atom stereocenters. The van der Waals surface area contributed by atoms with E-state index < -0.39 is 11.7 Å². The normalized spacial score (nSPS) is 15.4. The van der Waals surface area contributed by atoms with Crippen molar-refractivity contribution in [2.45, 2.75) is 32.4 Å². The average Bonchev–Trinajstić information content (AvgIpc) is 2.55. The van der Waals surface area contributed by atoms with Gasteiger partial charge in [-0.25, -0.2) is 4.98 Å². The Balaban J connectivity index is 1.90. The average molecular weight is 336 g/mol. The van der Waals surface area contributed by atoms with Crippen LogP contribution >= 0.6 is 0 Å². The number of hydrogen-bond acceptors (Lipinski definition) is 4. The summed E-state index contributed by atoms with van der Waals surface area (Å²) in [6.07, 6.45) is -1.03. The molecule has 0 saturated carbocycles. The number of anilines is 3. The van der Waals surface area contributed by atoms with E-state index in [-0.39, 0.29) is 11.6 Å². The second kappa shape index (κ2) is 6.67. The lowest BCUT2D eigenvalue weighted by atomic mass is 10.1. The number of hydrogen-bond donors (Lipinski definition) is 1. The molecule has 4 nitrogen and oxygen atoms in total. The molecule has 1 aliphatic heterocycles. The van der Waals surface area contributed by atoms with Gasteiger partial charge >= 0.3 is 6.18 Å². The van der Waals surface area contributed by atoms with Gasteiger partial charge in [-0.1, -0.05) is 12.1 Å². The van der Waals surface area contributed by atoms with Crippen molar-refractivity contribution in [1.82, 2.24) is 9.97 Å². The monoisotopic (exact) mass is 336 g/mol. The van der Waals surface area contributed by atoms with E-state index in [1.54, 1.807) is 6.07 Å². The van der Waals surface area contributed by atoms with Gasteiger partial charge in [-0.15, -0.1) is 0 Å². The number of alkyl halides is 3. The Hall–Kier alpha value is -2.31. The Morgan fingerprint density at radius 2 is 1.75 bits per heavy atom. The van der Waals surface area contributed by atoms with Crippen LogP contribution in [0.1, 0.15) is 30.5 Å². The number of rotatable bonds is 3. The van der Waals surface area contributed by atoms with E-state index in [4.69, 9.17) is 0 Å². The summed E-state index contributed by atoms with van der Waals surface area (Å²) in [5, 5.41) is 2.73. The van der Waals surface area contributed by atoms with Crippen molar-refractivity contribution < 1.29 is 13.2 Å². The molecule has 1 aliphatic rings. The van der Waals surface area contributed by atoms with Crippen LogP contribution in [0.15, 0.2) is 30.3 Å². The highest BCUT2D eigenvalue weighted by Gasteiger charge is 2.33. The smallest absolute Gasteiger partial charge is 0.356 e. The first-order chi connectivity index (χ1) is 11.4. The number of para-hydroxylation sites is 1. The van der Waals surface area contributed by atoms with Gasteiger partial charge < -0.3 is 10.2 Å². The van der Waals surface area contributed by atoms with Crippen molar-refractivity contribution >= 4 is 17.5 Å². The molecule has 128 valence electrons. The predicted molar refractivity (Wildman–Crippen MR) is 87.6 cm³/mol. The molecule has 24 heavy (non-hydrogen) atoms. The van der Waals surface area contributed by atoms with Crippen LogP contribution in [0.4, 0.5) is 30.6 Å². The van der Waals surface area contributed by atoms with Crippen LogP contribution < -0.4 is 10.2 Å². The summed E-state index contributed by atoms with van der Waals surface area (Å²) in [5.41, 5.74) is -0.0487. The van der Waals surface area contributed by atoms with Crippen LogP contribution in [0.5, 0.6) is 0 Å². The Labute approximate surface area is 138 Å². The van der Waals surface area contributed by atoms with Gasteiger partial charge in [0, 0.05) is 24.8 Å². The summed E-state index contributed by atoms with van der Waals surface area (Å²) in [5.74, 6) is 0.946. The van der Waals surface area contributed by atoms with Gasteiger partial charge in [0.05, 0.1) is 11.3 Å². The van der Waals surface area contributed by atoms with Crippen LogP contribution in [-0.4, -0.2) is 23.1 Å². The molecule has 0 unspecified atom stereocenters. The third-order valence-corrected chi connectivity index (χ3v) is 4.00. The second-order valence-corrected chi connectivity index (χ2v) is 5.91. The van der Waals surface area contributed by atoms with E-state index in [0.717, 1.165) is 43.5 Å². The van der Waals surface area contributed by atoms with Gasteiger partial charge in [0.15, 0.2) is 0 Å². The molecular weight excluding hydrogens is 317 g/mol. The summed E-state index contributed by atoms with van der Waals surface area (Å²) in [6, 6.07) is 7.22. The van der Waals surface area contributed by atoms with Crippen molar-refractivity contribution in [3.63, 3.8) is 0 Å². The van der Waals surface area contributed by atoms with Crippen LogP contribution in [0.2, 0.25) is 0 Å². The number of nitrogens with zero attached hydrogens (tertiary/aromatic N) is 3. The lowest BCUT2D eigenvalue weighted by Gasteiger charge is -2.28. The fourth-order valence-corrected chi connectivity index (χ4v) is 2.85. The predicted octanol–water partition coefficient (Wildman–Crippen LogP) is 4.54. The minimum Gasteiger partial charge on any atom is -0.356 e. The molecule has 1 N–H and O–H groups in total. The van der Waals surface area contributed by atoms with E-state index in [1.165, 1.54) is 18.6 Å². The first-order valence-electron chi connectivity index (χ1n) is 7.97. The Bertz CT molecular complexity index is 709. The maximum Gasteiger partial charge on any atom is 0.418 e. The SMILES string of the molecule is Cc1cc(N2CCCCC2)nc(Nc2ccccc2C(F)(F)F)n1. The van der Waals surface area contributed by atoms with Crippen LogP contribution in [0, 0.1) is 6.92 Å². The number of nitrogens with one attached hydrogen (secondary N) is 1. The molecule has 0 bridgehead atoms. The van der Waals surface area contributed by atoms with Crippen molar-refractivity contribution in [2.24, 2.45) is 0 Å². The number of aromatic nitrogens is 2. The summed E-state index contributed by atoms with van der Waals surface area (Å²) in [6.45, 7) is 3.64. The van der Waals surface area contributed by atoms with Gasteiger partial charge in [-0.3, -0.25) is 0 Å². The fraction of sp³-hybridized carbons (Fsp3) is 0.412. The van der Waals surface area contributed by atoms with Gasteiger partial charge in [-0.2, -0.15) is 18.2 Å². The lowest BCUT2D eigenvalue weighted by Crippen LogP contribution is -2.30. The zero-order chi connectivity index (χ0) is 17.2. The topological polar surface area (TPSA) is 41.1 Å². The zero-order valence-corrected chi connectivity index (χ0v) is 13.4. The molecule has 2 heterocycles. The first kappa shape index (κ1) is 16.5. The standard InChI is InChI=1S/C17H19F3N4/c1-12-11-15(24-9-5-2-6-10-24)23-16(21-12)22-14-8-4-3-7-13(14)17(18,19)20/h3-4,7-8,11H,2,5-6,9-10H2,1H3,(H,21,22,23). The molecular formula is C17H19F3N4. The van der Waals surface area contributed by atoms with E-state index in [2.05, 4.69) is 20.2 Å². The lowest BCUT2D eigenvalue weighted by molar-refractivity contribution is -0.136. The molecule has 1 saturated heterocycles. The largest absolute Gasteiger partial charge is 0.418 e. The molecule has 0 amide bonds. The quantitative estimate of drug-likeness (QED) is 0.893. The minimum atomic E-state index is -4.43. The maximum atomic E-state index is 13.1. The summed E-state index contributed by atoms with van der Waals surface area (Å²) in [7, 11) is 0. The van der Waals surface area contributed by atoms with Crippen molar-refractivity contribution in [1.29, 1.82) is 0 Å². The number of piperidine rings is 1. The molecule has 3 rings (SSSR count). The summed E-state index contributed by atoms with van der Waals surface area (Å²) < 4.78 is 39.3. The summed E-state index contributed by atoms with van der Waals surface area (Å²) >= 11 is 0. The fourth-order valence-electron chi connectivity index (χ4n) is 2.85. The number of aryl methyl sites for hydroxylation is 1. The van der Waals surface area contributed by atoms with Crippen molar-refractivity contribution in [3.05, 3.63) is 41.6 Å². The van der Waals surface area contributed by atoms with Gasteiger partial charge in [0.2, 0.25) is 5.95 Å². The Morgan fingerprint density at radius 3 is 2.46 bits per heavy atom. The van der Waals surface area contributed by atoms with Gasteiger partial charge in [0.1, 0.15) is 5.82 Å². The van der Waals surface area contributed by atoms with Crippen molar-refractivity contribution in [2.75, 3.05) is 23.3 Å². The highest BCUT2D eigenvalue weighted by Crippen LogP contribution is 2.35. The van der Waals surface area contributed by atoms with E-state index in [1.807, 2.05) is 13.0 Å². The van der Waals surface area contributed by atoms with E-state index in [9.17, 15) is 13.2 Å². The molecule has 1 fully saturated rings. The zero-order valence-electron chi connectivity index (χ0n) is 13.4. The molecule has 0 spiro atoms. The maximum absolute atomic E-state index is 13.1. The number of halogens is 3. The highest BCUT2D eigenvalue weighted by atomic mass is 19.4. The summed E-state index contributed by atoms with van der Waals surface area (Å²) in [4.78, 5) is 10.8. The highest BCUT2D eigenvalue weighted by molar-refractivity contribution is 5.60. The minimum absolute atomic E-state index is 0.0415. The van der Waals surface area contributed by atoms with Crippen LogP contribution in [0.3, 0.4) is 0 Å². The third-order valence-electron chi connectivity index (χ3n) is 4.00.